The first-order valence-corrected chi connectivity index (χ1v) is 5.53. The number of nitrogens with one attached hydrogen (secondary N) is 1. The molecule has 18 heavy (non-hydrogen) atoms. The van der Waals surface area contributed by atoms with Gasteiger partial charge in [0.25, 0.3) is 0 Å². The number of methoxy groups -OCH3 is 1. The molecule has 0 aliphatic heterocycles. The molecule has 0 saturated carbocycles. The summed E-state index contributed by atoms with van der Waals surface area (Å²) in [7, 11) is 1.31. The molecule has 0 atom stereocenters. The summed E-state index contributed by atoms with van der Waals surface area (Å²) in [6.45, 7) is 0. The van der Waals surface area contributed by atoms with Crippen LogP contribution in [0.2, 0.25) is 0 Å². The van der Waals surface area contributed by atoms with Gasteiger partial charge in [-0.25, -0.2) is 0 Å². The van der Waals surface area contributed by atoms with Crippen molar-refractivity contribution < 1.29 is 14.3 Å². The summed E-state index contributed by atoms with van der Waals surface area (Å²) in [5.41, 5.74) is 0.905. The SMILES string of the molecule is COC(=O)CCCC(=O)Nc1ccccc1C#N. The number of benzene rings is 1. The number of amides is 1. The van der Waals surface area contributed by atoms with Gasteiger partial charge in [-0.15, -0.1) is 0 Å². The standard InChI is InChI=1S/C13H14N2O3/c1-18-13(17)8-4-7-12(16)15-11-6-3-2-5-10(11)9-14/h2-3,5-6H,4,7-8H2,1H3,(H,15,16). The molecule has 1 amide bonds. The summed E-state index contributed by atoms with van der Waals surface area (Å²) in [5.74, 6) is -0.554. The summed E-state index contributed by atoms with van der Waals surface area (Å²) in [4.78, 5) is 22.4. The van der Waals surface area contributed by atoms with Crippen molar-refractivity contribution in [2.75, 3.05) is 12.4 Å². The molecular formula is C13H14N2O3. The molecule has 0 fully saturated rings. The molecule has 0 heterocycles. The van der Waals surface area contributed by atoms with Crippen LogP contribution in [0.1, 0.15) is 24.8 Å². The van der Waals surface area contributed by atoms with E-state index in [1.807, 2.05) is 6.07 Å². The van der Waals surface area contributed by atoms with E-state index in [1.54, 1.807) is 24.3 Å². The van der Waals surface area contributed by atoms with E-state index >= 15 is 0 Å². The Morgan fingerprint density at radius 2 is 2.06 bits per heavy atom. The van der Waals surface area contributed by atoms with Crippen LogP contribution in [0.15, 0.2) is 24.3 Å². The van der Waals surface area contributed by atoms with Crippen molar-refractivity contribution in [2.45, 2.75) is 19.3 Å². The molecule has 1 rings (SSSR count). The first kappa shape index (κ1) is 13.7. The van der Waals surface area contributed by atoms with Crippen LogP contribution < -0.4 is 5.32 Å². The van der Waals surface area contributed by atoms with Crippen molar-refractivity contribution in [3.05, 3.63) is 29.8 Å². The number of carbonyl (C=O) groups excluding carboxylic acids is 2. The Morgan fingerprint density at radius 3 is 2.72 bits per heavy atom. The van der Waals surface area contributed by atoms with E-state index in [0.717, 1.165) is 0 Å². The number of rotatable bonds is 5. The molecule has 0 bridgehead atoms. The third kappa shape index (κ3) is 4.26. The van der Waals surface area contributed by atoms with E-state index in [9.17, 15) is 9.59 Å². The molecule has 0 radical (unpaired) electrons. The topological polar surface area (TPSA) is 79.2 Å². The Hall–Kier alpha value is -2.35. The lowest BCUT2D eigenvalue weighted by atomic mass is 10.2. The molecule has 0 saturated heterocycles. The highest BCUT2D eigenvalue weighted by Crippen LogP contribution is 2.14. The van der Waals surface area contributed by atoms with Crippen molar-refractivity contribution in [1.29, 1.82) is 5.26 Å². The second kappa shape index (κ2) is 7.07. The van der Waals surface area contributed by atoms with Crippen LogP contribution in [0.4, 0.5) is 5.69 Å². The predicted molar refractivity (Wildman–Crippen MR) is 65.7 cm³/mol. The van der Waals surface area contributed by atoms with Gasteiger partial charge in [-0.05, 0) is 18.6 Å². The average Bonchev–Trinajstić information content (AvgIpc) is 2.39. The number of hydrogen-bond donors (Lipinski definition) is 1. The van der Waals surface area contributed by atoms with Gasteiger partial charge >= 0.3 is 5.97 Å². The summed E-state index contributed by atoms with van der Waals surface area (Å²) in [6.07, 6.45) is 0.853. The summed E-state index contributed by atoms with van der Waals surface area (Å²) in [6, 6.07) is 8.76. The fourth-order valence-electron chi connectivity index (χ4n) is 1.40. The van der Waals surface area contributed by atoms with Gasteiger partial charge in [0.2, 0.25) is 5.91 Å². The largest absolute Gasteiger partial charge is 0.469 e. The first-order valence-electron chi connectivity index (χ1n) is 5.53. The maximum Gasteiger partial charge on any atom is 0.305 e. The number of para-hydroxylation sites is 1. The third-order valence-electron chi connectivity index (χ3n) is 2.33. The van der Waals surface area contributed by atoms with Gasteiger partial charge in [0, 0.05) is 12.8 Å². The van der Waals surface area contributed by atoms with Gasteiger partial charge in [0.1, 0.15) is 6.07 Å². The van der Waals surface area contributed by atoms with Crippen LogP contribution in [0.5, 0.6) is 0 Å². The van der Waals surface area contributed by atoms with Crippen LogP contribution in [0.3, 0.4) is 0 Å². The number of carbonyl (C=O) groups is 2. The lowest BCUT2D eigenvalue weighted by molar-refractivity contribution is -0.140. The molecular weight excluding hydrogens is 232 g/mol. The van der Waals surface area contributed by atoms with E-state index in [0.29, 0.717) is 17.7 Å². The van der Waals surface area contributed by atoms with Gasteiger partial charge in [0.15, 0.2) is 0 Å². The lowest BCUT2D eigenvalue weighted by Crippen LogP contribution is -2.13. The van der Waals surface area contributed by atoms with Gasteiger partial charge < -0.3 is 10.1 Å². The van der Waals surface area contributed by atoms with Crippen molar-refractivity contribution in [3.8, 4) is 6.07 Å². The number of hydrogen-bond acceptors (Lipinski definition) is 4. The molecule has 0 spiro atoms. The number of ether oxygens (including phenoxy) is 1. The van der Waals surface area contributed by atoms with Gasteiger partial charge in [0.05, 0.1) is 18.4 Å². The number of anilines is 1. The van der Waals surface area contributed by atoms with Gasteiger partial charge in [-0.1, -0.05) is 12.1 Å². The maximum atomic E-state index is 11.6. The molecule has 0 aliphatic rings. The van der Waals surface area contributed by atoms with Gasteiger partial charge in [-0.2, -0.15) is 5.26 Å². The Kier molecular flexibility index (Phi) is 5.39. The van der Waals surface area contributed by atoms with Crippen LogP contribution in [-0.2, 0) is 14.3 Å². The summed E-state index contributed by atoms with van der Waals surface area (Å²) in [5, 5.41) is 11.5. The Bertz CT molecular complexity index is 477. The average molecular weight is 246 g/mol. The number of nitriles is 1. The minimum Gasteiger partial charge on any atom is -0.469 e. The van der Waals surface area contributed by atoms with Gasteiger partial charge in [-0.3, -0.25) is 9.59 Å². The summed E-state index contributed by atoms with van der Waals surface area (Å²) < 4.78 is 4.47. The first-order chi connectivity index (χ1) is 8.67. The van der Waals surface area contributed by atoms with Crippen molar-refractivity contribution in [3.63, 3.8) is 0 Å². The molecule has 5 nitrogen and oxygen atoms in total. The van der Waals surface area contributed by atoms with Crippen LogP contribution in [0.25, 0.3) is 0 Å². The van der Waals surface area contributed by atoms with Crippen LogP contribution >= 0.6 is 0 Å². The number of esters is 1. The summed E-state index contributed by atoms with van der Waals surface area (Å²) >= 11 is 0. The second-order valence-corrected chi connectivity index (χ2v) is 3.64. The van der Waals surface area contributed by atoms with Crippen molar-refractivity contribution >= 4 is 17.6 Å². The van der Waals surface area contributed by atoms with E-state index in [-0.39, 0.29) is 24.7 Å². The zero-order valence-corrected chi connectivity index (χ0v) is 10.1. The van der Waals surface area contributed by atoms with Crippen LogP contribution in [-0.4, -0.2) is 19.0 Å². The molecule has 94 valence electrons. The lowest BCUT2D eigenvalue weighted by Gasteiger charge is -2.06. The molecule has 0 aliphatic carbocycles. The fourth-order valence-corrected chi connectivity index (χ4v) is 1.40. The highest BCUT2D eigenvalue weighted by molar-refractivity contribution is 5.92. The Morgan fingerprint density at radius 1 is 1.33 bits per heavy atom. The Labute approximate surface area is 105 Å². The molecule has 1 N–H and O–H groups in total. The van der Waals surface area contributed by atoms with Crippen molar-refractivity contribution in [1.82, 2.24) is 0 Å². The predicted octanol–water partition coefficient (Wildman–Crippen LogP) is 1.84. The molecule has 1 aromatic rings. The molecule has 5 heteroatoms. The normalized spacial score (nSPS) is 9.33. The Balaban J connectivity index is 2.45. The zero-order chi connectivity index (χ0) is 13.4. The quantitative estimate of drug-likeness (QED) is 0.804. The van der Waals surface area contributed by atoms with E-state index in [2.05, 4.69) is 10.1 Å². The highest BCUT2D eigenvalue weighted by atomic mass is 16.5. The maximum absolute atomic E-state index is 11.6. The van der Waals surface area contributed by atoms with Crippen molar-refractivity contribution in [2.24, 2.45) is 0 Å². The third-order valence-corrected chi connectivity index (χ3v) is 2.33. The van der Waals surface area contributed by atoms with E-state index in [4.69, 9.17) is 5.26 Å². The highest BCUT2D eigenvalue weighted by Gasteiger charge is 2.07. The second-order valence-electron chi connectivity index (χ2n) is 3.64. The molecule has 0 unspecified atom stereocenters. The van der Waals surface area contributed by atoms with E-state index < -0.39 is 0 Å². The fraction of sp³-hybridized carbons (Fsp3) is 0.308. The minimum absolute atomic E-state index is 0.212. The smallest absolute Gasteiger partial charge is 0.305 e. The zero-order valence-electron chi connectivity index (χ0n) is 10.1. The van der Waals surface area contributed by atoms with Crippen LogP contribution in [0, 0.1) is 11.3 Å². The monoisotopic (exact) mass is 246 g/mol. The minimum atomic E-state index is -0.333. The molecule has 0 aromatic heterocycles. The van der Waals surface area contributed by atoms with E-state index in [1.165, 1.54) is 7.11 Å². The number of nitrogens with zero attached hydrogens (tertiary/aromatic N) is 1. The molecule has 1 aromatic carbocycles.